The van der Waals surface area contributed by atoms with Crippen molar-refractivity contribution in [1.82, 2.24) is 5.32 Å². The van der Waals surface area contributed by atoms with Crippen LogP contribution in [0.4, 0.5) is 13.2 Å². The van der Waals surface area contributed by atoms with Gasteiger partial charge in [-0.05, 0) is 22.0 Å². The molecule has 0 radical (unpaired) electrons. The zero-order valence-corrected chi connectivity index (χ0v) is 11.1. The van der Waals surface area contributed by atoms with E-state index in [9.17, 15) is 18.0 Å². The number of halogens is 4. The fraction of sp³-hybridized carbons (Fsp3) is 0.444. The second-order valence-electron chi connectivity index (χ2n) is 3.12. The first-order valence-electron chi connectivity index (χ1n) is 4.45. The van der Waals surface area contributed by atoms with E-state index in [1.165, 1.54) is 11.3 Å². The van der Waals surface area contributed by atoms with Crippen LogP contribution in [0.2, 0.25) is 0 Å². The molecule has 17 heavy (non-hydrogen) atoms. The number of carbonyl (C=O) groups is 1. The van der Waals surface area contributed by atoms with Crippen LogP contribution in [0.3, 0.4) is 0 Å². The summed E-state index contributed by atoms with van der Waals surface area (Å²) in [5.74, 6) is -0.747. The number of esters is 1. The van der Waals surface area contributed by atoms with Crippen molar-refractivity contribution in [3.05, 3.63) is 20.8 Å². The number of alkyl halides is 3. The molecule has 1 aromatic heterocycles. The normalized spacial score (nSPS) is 13.5. The Morgan fingerprint density at radius 1 is 1.65 bits per heavy atom. The summed E-state index contributed by atoms with van der Waals surface area (Å²) in [5.41, 5.74) is 0. The first kappa shape index (κ1) is 14.5. The lowest BCUT2D eigenvalue weighted by Gasteiger charge is -2.16. The van der Waals surface area contributed by atoms with Crippen LogP contribution in [0.1, 0.15) is 10.9 Å². The average Bonchev–Trinajstić information content (AvgIpc) is 2.63. The topological polar surface area (TPSA) is 38.3 Å². The third-order valence-corrected chi connectivity index (χ3v) is 3.57. The van der Waals surface area contributed by atoms with Crippen LogP contribution in [0.15, 0.2) is 15.9 Å². The first-order valence-corrected chi connectivity index (χ1v) is 6.12. The Hall–Kier alpha value is -0.600. The number of hydrogen-bond donors (Lipinski definition) is 1. The van der Waals surface area contributed by atoms with Crippen LogP contribution in [0.5, 0.6) is 0 Å². The standard InChI is InChI=1S/C9H9BrF3NO2S/c1-16-8(15)7(14-4-9(11,12)13)6-2-5(10)3-17-6/h2-3,7,14H,4H2,1H3. The van der Waals surface area contributed by atoms with Gasteiger partial charge in [-0.1, -0.05) is 0 Å². The Bertz CT molecular complexity index is 394. The van der Waals surface area contributed by atoms with Crippen molar-refractivity contribution in [2.24, 2.45) is 0 Å². The van der Waals surface area contributed by atoms with Crippen molar-refractivity contribution in [3.63, 3.8) is 0 Å². The van der Waals surface area contributed by atoms with Crippen molar-refractivity contribution in [3.8, 4) is 0 Å². The maximum absolute atomic E-state index is 12.1. The molecule has 8 heteroatoms. The second-order valence-corrected chi connectivity index (χ2v) is 4.98. The summed E-state index contributed by atoms with van der Waals surface area (Å²) in [6.07, 6.45) is -4.37. The van der Waals surface area contributed by atoms with Gasteiger partial charge in [-0.25, -0.2) is 4.79 Å². The maximum atomic E-state index is 12.1. The van der Waals surface area contributed by atoms with Gasteiger partial charge < -0.3 is 4.74 Å². The minimum atomic E-state index is -4.37. The van der Waals surface area contributed by atoms with Crippen LogP contribution in [-0.2, 0) is 9.53 Å². The summed E-state index contributed by atoms with van der Waals surface area (Å²) in [5, 5.41) is 3.81. The lowest BCUT2D eigenvalue weighted by atomic mass is 10.2. The predicted octanol–water partition coefficient (Wildman–Crippen LogP) is 2.88. The molecule has 0 fully saturated rings. The van der Waals surface area contributed by atoms with Gasteiger partial charge in [0, 0.05) is 14.7 Å². The lowest BCUT2D eigenvalue weighted by molar-refractivity contribution is -0.146. The molecule has 0 saturated heterocycles. The first-order chi connectivity index (χ1) is 7.83. The van der Waals surface area contributed by atoms with E-state index in [2.05, 4.69) is 26.0 Å². The molecule has 0 amide bonds. The number of ether oxygens (including phenoxy) is 1. The molecule has 0 saturated carbocycles. The van der Waals surface area contributed by atoms with Gasteiger partial charge in [0.05, 0.1) is 13.7 Å². The second kappa shape index (κ2) is 5.83. The van der Waals surface area contributed by atoms with E-state index in [1.54, 1.807) is 11.4 Å². The minimum absolute atomic E-state index is 0.466. The van der Waals surface area contributed by atoms with Crippen LogP contribution >= 0.6 is 27.3 Å². The molecule has 3 nitrogen and oxygen atoms in total. The fourth-order valence-electron chi connectivity index (χ4n) is 1.12. The molecule has 0 aliphatic rings. The molecule has 1 rings (SSSR count). The van der Waals surface area contributed by atoms with Gasteiger partial charge in [0.25, 0.3) is 0 Å². The largest absolute Gasteiger partial charge is 0.468 e. The summed E-state index contributed by atoms with van der Waals surface area (Å²) < 4.78 is 41.4. The molecule has 1 atom stereocenters. The van der Waals surface area contributed by atoms with Gasteiger partial charge in [-0.3, -0.25) is 5.32 Å². The predicted molar refractivity (Wildman–Crippen MR) is 60.8 cm³/mol. The third kappa shape index (κ3) is 4.64. The van der Waals surface area contributed by atoms with Crippen molar-refractivity contribution < 1.29 is 22.7 Å². The molecule has 0 aromatic carbocycles. The van der Waals surface area contributed by atoms with E-state index in [1.807, 2.05) is 0 Å². The molecule has 1 unspecified atom stereocenters. The number of methoxy groups -OCH3 is 1. The molecular formula is C9H9BrF3NO2S. The number of carbonyl (C=O) groups excluding carboxylic acids is 1. The van der Waals surface area contributed by atoms with Crippen LogP contribution in [0.25, 0.3) is 0 Å². The van der Waals surface area contributed by atoms with Gasteiger partial charge >= 0.3 is 12.1 Å². The monoisotopic (exact) mass is 331 g/mol. The van der Waals surface area contributed by atoms with Gasteiger partial charge in [0.2, 0.25) is 0 Å². The SMILES string of the molecule is COC(=O)C(NCC(F)(F)F)c1cc(Br)cs1. The minimum Gasteiger partial charge on any atom is -0.468 e. The number of thiophene rings is 1. The van der Waals surface area contributed by atoms with Crippen molar-refractivity contribution in [1.29, 1.82) is 0 Å². The van der Waals surface area contributed by atoms with Crippen LogP contribution in [0, 0.1) is 0 Å². The number of hydrogen-bond acceptors (Lipinski definition) is 4. The highest BCUT2D eigenvalue weighted by molar-refractivity contribution is 9.10. The summed E-state index contributed by atoms with van der Waals surface area (Å²) in [6.45, 7) is -1.25. The maximum Gasteiger partial charge on any atom is 0.401 e. The highest BCUT2D eigenvalue weighted by atomic mass is 79.9. The highest BCUT2D eigenvalue weighted by Gasteiger charge is 2.31. The van der Waals surface area contributed by atoms with Crippen molar-refractivity contribution >= 4 is 33.2 Å². The number of rotatable bonds is 4. The molecule has 0 bridgehead atoms. The van der Waals surface area contributed by atoms with E-state index in [-0.39, 0.29) is 0 Å². The van der Waals surface area contributed by atoms with Crippen molar-refractivity contribution in [2.75, 3.05) is 13.7 Å². The Morgan fingerprint density at radius 3 is 2.71 bits per heavy atom. The molecule has 1 N–H and O–H groups in total. The van der Waals surface area contributed by atoms with Gasteiger partial charge in [-0.15, -0.1) is 11.3 Å². The average molecular weight is 332 g/mol. The molecule has 0 aliphatic carbocycles. The Labute approximate surface area is 108 Å². The van der Waals surface area contributed by atoms with Gasteiger partial charge in [-0.2, -0.15) is 13.2 Å². The molecular weight excluding hydrogens is 323 g/mol. The Kier molecular flexibility index (Phi) is 4.96. The fourth-order valence-corrected chi connectivity index (χ4v) is 2.62. The zero-order valence-electron chi connectivity index (χ0n) is 8.68. The third-order valence-electron chi connectivity index (χ3n) is 1.82. The van der Waals surface area contributed by atoms with E-state index < -0.39 is 24.7 Å². The van der Waals surface area contributed by atoms with E-state index >= 15 is 0 Å². The van der Waals surface area contributed by atoms with Gasteiger partial charge in [0.1, 0.15) is 6.04 Å². The Morgan fingerprint density at radius 2 is 2.29 bits per heavy atom. The summed E-state index contributed by atoms with van der Waals surface area (Å²) in [7, 11) is 1.13. The molecule has 0 spiro atoms. The summed E-state index contributed by atoms with van der Waals surface area (Å²) in [6, 6.07) is 0.480. The smallest absolute Gasteiger partial charge is 0.401 e. The quantitative estimate of drug-likeness (QED) is 0.862. The molecule has 96 valence electrons. The summed E-state index contributed by atoms with van der Waals surface area (Å²) in [4.78, 5) is 11.8. The molecule has 1 aromatic rings. The van der Waals surface area contributed by atoms with E-state index in [0.29, 0.717) is 9.35 Å². The zero-order chi connectivity index (χ0) is 13.1. The van der Waals surface area contributed by atoms with Crippen LogP contribution in [-0.4, -0.2) is 25.8 Å². The van der Waals surface area contributed by atoms with Crippen molar-refractivity contribution in [2.45, 2.75) is 12.2 Å². The molecule has 1 heterocycles. The molecule has 0 aliphatic heterocycles. The van der Waals surface area contributed by atoms with Gasteiger partial charge in [0.15, 0.2) is 0 Å². The van der Waals surface area contributed by atoms with E-state index in [4.69, 9.17) is 0 Å². The van der Waals surface area contributed by atoms with E-state index in [0.717, 1.165) is 7.11 Å². The number of nitrogens with one attached hydrogen (secondary N) is 1. The Balaban J connectivity index is 2.78. The van der Waals surface area contributed by atoms with Crippen LogP contribution < -0.4 is 5.32 Å². The highest BCUT2D eigenvalue weighted by Crippen LogP contribution is 2.27. The summed E-state index contributed by atoms with van der Waals surface area (Å²) >= 11 is 4.34. The lowest BCUT2D eigenvalue weighted by Crippen LogP contribution is -2.36.